The Labute approximate surface area is 126 Å². The summed E-state index contributed by atoms with van der Waals surface area (Å²) in [5, 5.41) is 4.17. The number of rotatable bonds is 6. The van der Waals surface area contributed by atoms with Crippen LogP contribution >= 0.6 is 11.6 Å². The minimum atomic E-state index is 0.666. The van der Waals surface area contributed by atoms with Gasteiger partial charge in [0.2, 0.25) is 5.88 Å². The highest BCUT2D eigenvalue weighted by molar-refractivity contribution is 6.31. The van der Waals surface area contributed by atoms with Gasteiger partial charge in [-0.3, -0.25) is 0 Å². The third-order valence-electron chi connectivity index (χ3n) is 4.22. The molecule has 0 saturated heterocycles. The van der Waals surface area contributed by atoms with Crippen LogP contribution in [-0.2, 0) is 6.54 Å². The zero-order valence-electron chi connectivity index (χ0n) is 11.9. The van der Waals surface area contributed by atoms with Crippen molar-refractivity contribution in [2.75, 3.05) is 6.61 Å². The fourth-order valence-corrected chi connectivity index (χ4v) is 2.93. The highest BCUT2D eigenvalue weighted by Gasteiger charge is 2.21. The first-order valence-electron chi connectivity index (χ1n) is 7.83. The molecule has 1 N–H and O–H groups in total. The SMILES string of the molecule is Clc1ccc(OCC2CCCCC2)nc1CNC1CC1. The van der Waals surface area contributed by atoms with Crippen LogP contribution in [0.1, 0.15) is 50.6 Å². The van der Waals surface area contributed by atoms with Crippen LogP contribution in [0.15, 0.2) is 12.1 Å². The van der Waals surface area contributed by atoms with Gasteiger partial charge in [0.15, 0.2) is 0 Å². The van der Waals surface area contributed by atoms with Gasteiger partial charge in [0.05, 0.1) is 17.3 Å². The van der Waals surface area contributed by atoms with Crippen LogP contribution < -0.4 is 10.1 Å². The third kappa shape index (κ3) is 4.10. The van der Waals surface area contributed by atoms with E-state index in [9.17, 15) is 0 Å². The van der Waals surface area contributed by atoms with Crippen molar-refractivity contribution >= 4 is 11.6 Å². The Morgan fingerprint density at radius 3 is 2.70 bits per heavy atom. The van der Waals surface area contributed by atoms with Crippen molar-refractivity contribution in [3.63, 3.8) is 0 Å². The molecule has 0 bridgehead atoms. The molecule has 3 rings (SSSR count). The Kier molecular flexibility index (Phi) is 4.79. The third-order valence-corrected chi connectivity index (χ3v) is 4.56. The quantitative estimate of drug-likeness (QED) is 0.863. The van der Waals surface area contributed by atoms with Crippen LogP contribution in [0.2, 0.25) is 5.02 Å². The number of nitrogens with zero attached hydrogens (tertiary/aromatic N) is 1. The molecule has 20 heavy (non-hydrogen) atoms. The van der Waals surface area contributed by atoms with Crippen LogP contribution in [0.5, 0.6) is 5.88 Å². The first-order chi connectivity index (χ1) is 9.81. The molecule has 2 fully saturated rings. The summed E-state index contributed by atoms with van der Waals surface area (Å²) >= 11 is 6.19. The van der Waals surface area contributed by atoms with Gasteiger partial charge in [-0.2, -0.15) is 0 Å². The summed E-state index contributed by atoms with van der Waals surface area (Å²) in [6, 6.07) is 4.44. The smallest absolute Gasteiger partial charge is 0.213 e. The maximum absolute atomic E-state index is 6.19. The Morgan fingerprint density at radius 2 is 1.95 bits per heavy atom. The van der Waals surface area contributed by atoms with Crippen molar-refractivity contribution in [2.45, 2.75) is 57.5 Å². The Balaban J connectivity index is 1.53. The molecule has 2 aliphatic carbocycles. The van der Waals surface area contributed by atoms with Crippen LogP contribution in [0.3, 0.4) is 0 Å². The van der Waals surface area contributed by atoms with E-state index < -0.39 is 0 Å². The summed E-state index contributed by atoms with van der Waals surface area (Å²) in [4.78, 5) is 4.54. The van der Waals surface area contributed by atoms with Crippen molar-refractivity contribution in [2.24, 2.45) is 5.92 Å². The number of pyridine rings is 1. The zero-order valence-corrected chi connectivity index (χ0v) is 12.7. The standard InChI is InChI=1S/C16H23ClN2O/c17-14-8-9-16(19-15(14)10-18-13-6-7-13)20-11-12-4-2-1-3-5-12/h8-9,12-13,18H,1-7,10-11H2. The molecule has 2 saturated carbocycles. The lowest BCUT2D eigenvalue weighted by Crippen LogP contribution is -2.18. The van der Waals surface area contributed by atoms with E-state index in [-0.39, 0.29) is 0 Å². The Hall–Kier alpha value is -0.800. The van der Waals surface area contributed by atoms with Gasteiger partial charge in [-0.25, -0.2) is 4.98 Å². The summed E-state index contributed by atoms with van der Waals surface area (Å²) in [5.74, 6) is 1.42. The second-order valence-electron chi connectivity index (χ2n) is 6.05. The predicted octanol–water partition coefficient (Wildman–Crippen LogP) is 3.95. The molecule has 0 amide bonds. The van der Waals surface area contributed by atoms with Crippen molar-refractivity contribution < 1.29 is 4.74 Å². The summed E-state index contributed by atoms with van der Waals surface area (Å²) in [6.07, 6.45) is 9.21. The maximum atomic E-state index is 6.19. The van der Waals surface area contributed by atoms with E-state index in [0.29, 0.717) is 17.8 Å². The molecule has 0 aromatic carbocycles. The first-order valence-corrected chi connectivity index (χ1v) is 8.20. The fourth-order valence-electron chi connectivity index (χ4n) is 2.75. The molecule has 1 aromatic rings. The van der Waals surface area contributed by atoms with Gasteiger partial charge in [-0.15, -0.1) is 0 Å². The van der Waals surface area contributed by atoms with Gasteiger partial charge in [0.25, 0.3) is 0 Å². The van der Waals surface area contributed by atoms with Crippen molar-refractivity contribution in [3.05, 3.63) is 22.8 Å². The number of hydrogen-bond acceptors (Lipinski definition) is 3. The van der Waals surface area contributed by atoms with Gasteiger partial charge in [0, 0.05) is 18.7 Å². The number of nitrogens with one attached hydrogen (secondary N) is 1. The summed E-state index contributed by atoms with van der Waals surface area (Å²) in [7, 11) is 0. The highest BCUT2D eigenvalue weighted by Crippen LogP contribution is 2.25. The van der Waals surface area contributed by atoms with E-state index in [1.807, 2.05) is 12.1 Å². The normalized spacial score (nSPS) is 20.1. The van der Waals surface area contributed by atoms with Gasteiger partial charge in [0.1, 0.15) is 0 Å². The van der Waals surface area contributed by atoms with Crippen molar-refractivity contribution in [1.29, 1.82) is 0 Å². The van der Waals surface area contributed by atoms with Gasteiger partial charge >= 0.3 is 0 Å². The predicted molar refractivity (Wildman–Crippen MR) is 81.2 cm³/mol. The first kappa shape index (κ1) is 14.2. The molecule has 1 aromatic heterocycles. The van der Waals surface area contributed by atoms with Crippen molar-refractivity contribution in [3.8, 4) is 5.88 Å². The average Bonchev–Trinajstić information content (AvgIpc) is 3.30. The Morgan fingerprint density at radius 1 is 1.15 bits per heavy atom. The second-order valence-corrected chi connectivity index (χ2v) is 6.46. The van der Waals surface area contributed by atoms with Crippen molar-refractivity contribution in [1.82, 2.24) is 10.3 Å². The minimum absolute atomic E-state index is 0.666. The monoisotopic (exact) mass is 294 g/mol. The van der Waals surface area contributed by atoms with E-state index in [0.717, 1.165) is 23.9 Å². The van der Waals surface area contributed by atoms with Gasteiger partial charge in [-0.05, 0) is 37.7 Å². The lowest BCUT2D eigenvalue weighted by molar-refractivity contribution is 0.202. The van der Waals surface area contributed by atoms with E-state index in [4.69, 9.17) is 16.3 Å². The van der Waals surface area contributed by atoms with E-state index in [1.54, 1.807) is 0 Å². The van der Waals surface area contributed by atoms with Gasteiger partial charge in [-0.1, -0.05) is 30.9 Å². The maximum Gasteiger partial charge on any atom is 0.213 e. The van der Waals surface area contributed by atoms with E-state index >= 15 is 0 Å². The zero-order chi connectivity index (χ0) is 13.8. The van der Waals surface area contributed by atoms with Crippen LogP contribution in [-0.4, -0.2) is 17.6 Å². The molecule has 0 radical (unpaired) electrons. The molecule has 1 heterocycles. The number of hydrogen-bond donors (Lipinski definition) is 1. The van der Waals surface area contributed by atoms with Gasteiger partial charge < -0.3 is 10.1 Å². The summed E-state index contributed by atoms with van der Waals surface area (Å²) in [5.41, 5.74) is 0.903. The van der Waals surface area contributed by atoms with Crippen LogP contribution in [0, 0.1) is 5.92 Å². The van der Waals surface area contributed by atoms with E-state index in [2.05, 4.69) is 10.3 Å². The average molecular weight is 295 g/mol. The molecule has 110 valence electrons. The molecular weight excluding hydrogens is 272 g/mol. The van der Waals surface area contributed by atoms with Crippen LogP contribution in [0.25, 0.3) is 0 Å². The largest absolute Gasteiger partial charge is 0.477 e. The minimum Gasteiger partial charge on any atom is -0.477 e. The summed E-state index contributed by atoms with van der Waals surface area (Å²) < 4.78 is 5.87. The lowest BCUT2D eigenvalue weighted by Gasteiger charge is -2.21. The van der Waals surface area contributed by atoms with Crippen LogP contribution in [0.4, 0.5) is 0 Å². The topological polar surface area (TPSA) is 34.1 Å². The highest BCUT2D eigenvalue weighted by atomic mass is 35.5. The molecule has 4 heteroatoms. The molecular formula is C16H23ClN2O. The number of halogens is 1. The number of aromatic nitrogens is 1. The molecule has 0 aliphatic heterocycles. The summed E-state index contributed by atoms with van der Waals surface area (Å²) in [6.45, 7) is 1.54. The number of ether oxygens (including phenoxy) is 1. The molecule has 2 aliphatic rings. The van der Waals surface area contributed by atoms with E-state index in [1.165, 1.54) is 44.9 Å². The Bertz CT molecular complexity index is 442. The fraction of sp³-hybridized carbons (Fsp3) is 0.688. The molecule has 0 spiro atoms. The molecule has 0 atom stereocenters. The lowest BCUT2D eigenvalue weighted by atomic mass is 9.90. The molecule has 3 nitrogen and oxygen atoms in total. The second kappa shape index (κ2) is 6.77. The molecule has 0 unspecified atom stereocenters.